The Kier molecular flexibility index (Phi) is 16.0. The number of aromatic nitrogens is 2. The maximum absolute atomic E-state index is 12.9. The SMILES string of the molecule is COCc1cccc(C(O)c2nc(OC)cc(OC)n2)c1NS(=O)(=O)C(F)F.CS(=O)(=O)c1ccc(C(=O)C2C(=O)CCCC2=O)c(Cl)c1COCC1CCCO1. The predicted molar refractivity (Wildman–Crippen MR) is 200 cm³/mol. The molecule has 0 amide bonds. The third-order valence-corrected chi connectivity index (χ3v) is 11.4. The average molecular weight is 862 g/mol. The minimum absolute atomic E-state index is 0.0385. The highest BCUT2D eigenvalue weighted by atomic mass is 35.5. The van der Waals surface area contributed by atoms with Crippen LogP contribution in [0.15, 0.2) is 41.3 Å². The van der Waals surface area contributed by atoms with Crippen LogP contribution in [0.4, 0.5) is 14.5 Å². The van der Waals surface area contributed by atoms with E-state index in [0.717, 1.165) is 19.1 Å². The molecule has 2 fully saturated rings. The van der Waals surface area contributed by atoms with Gasteiger partial charge in [-0.3, -0.25) is 19.1 Å². The smallest absolute Gasteiger partial charge is 0.355 e. The number of aliphatic hydroxyl groups excluding tert-OH is 1. The Morgan fingerprint density at radius 2 is 1.65 bits per heavy atom. The average Bonchev–Trinajstić information content (AvgIpc) is 3.69. The molecule has 1 aliphatic heterocycles. The largest absolute Gasteiger partial charge is 0.481 e. The standard InChI is InChI=1S/C20H23ClO7S.C16H19F2N3O6S/c1-29(25,26)17-8-7-13(20(24)18-15(22)5-2-6-16(18)23)19(21)14(17)11-27-10-12-4-3-9-28-12;1-25-8-9-5-4-6-10(13(9)21-28(23,24)16(17)18)14(22)15-19-11(26-2)7-12(20-15)27-3/h7-8,12,18H,2-6,9-11H2,1H3;4-7,14,16,21-22H,8H2,1-3H3. The number of sulfonamides is 1. The van der Waals surface area contributed by atoms with Crippen LogP contribution in [0.1, 0.15) is 71.1 Å². The third-order valence-electron chi connectivity index (χ3n) is 8.81. The molecular weight excluding hydrogens is 820 g/mol. The van der Waals surface area contributed by atoms with Crippen molar-refractivity contribution in [1.29, 1.82) is 0 Å². The number of alkyl halides is 2. The number of ether oxygens (including phenoxy) is 5. The number of sulfone groups is 1. The van der Waals surface area contributed by atoms with Crippen molar-refractivity contribution in [3.63, 3.8) is 0 Å². The topological polar surface area (TPSA) is 224 Å². The number of nitrogens with one attached hydrogen (secondary N) is 1. The first kappa shape index (κ1) is 45.5. The summed E-state index contributed by atoms with van der Waals surface area (Å²) in [5.74, 6) is -6.58. The second-order valence-corrected chi connectivity index (χ2v) is 16.9. The summed E-state index contributed by atoms with van der Waals surface area (Å²) < 4.78 is 101. The first-order valence-electron chi connectivity index (χ1n) is 17.3. The number of methoxy groups -OCH3 is 3. The maximum atomic E-state index is 12.9. The molecule has 2 heterocycles. The zero-order valence-electron chi connectivity index (χ0n) is 31.3. The van der Waals surface area contributed by atoms with E-state index in [1.807, 2.05) is 4.72 Å². The summed E-state index contributed by atoms with van der Waals surface area (Å²) in [6.45, 7) is 0.715. The molecule has 3 aromatic rings. The lowest BCUT2D eigenvalue weighted by atomic mass is 9.81. The van der Waals surface area contributed by atoms with E-state index in [4.69, 9.17) is 35.3 Å². The number of ketones is 3. The molecule has 1 aromatic heterocycles. The molecule has 2 N–H and O–H groups in total. The van der Waals surface area contributed by atoms with Crippen LogP contribution in [-0.4, -0.2) is 102 Å². The highest BCUT2D eigenvalue weighted by Crippen LogP contribution is 2.34. The summed E-state index contributed by atoms with van der Waals surface area (Å²) in [5, 5.41) is 10.6. The number of hydrogen-bond acceptors (Lipinski definition) is 15. The second-order valence-electron chi connectivity index (χ2n) is 12.8. The number of aliphatic hydroxyl groups is 1. The molecule has 21 heteroatoms. The van der Waals surface area contributed by atoms with Crippen molar-refractivity contribution in [3.8, 4) is 11.8 Å². The first-order valence-corrected chi connectivity index (χ1v) is 21.1. The van der Waals surface area contributed by atoms with E-state index in [2.05, 4.69) is 9.97 Å². The summed E-state index contributed by atoms with van der Waals surface area (Å²) >= 11 is 6.41. The van der Waals surface area contributed by atoms with E-state index in [1.54, 1.807) is 0 Å². The number of nitrogens with zero attached hydrogens (tertiary/aromatic N) is 2. The van der Waals surface area contributed by atoms with Gasteiger partial charge in [-0.15, -0.1) is 0 Å². The summed E-state index contributed by atoms with van der Waals surface area (Å²) in [7, 11) is -4.59. The van der Waals surface area contributed by atoms with Crippen molar-refractivity contribution >= 4 is 54.5 Å². The van der Waals surface area contributed by atoms with Gasteiger partial charge in [-0.05, 0) is 31.4 Å². The van der Waals surface area contributed by atoms with Crippen LogP contribution in [0.25, 0.3) is 0 Å². The number of Topliss-reactive ketones (excluding diaryl/α,β-unsaturated/α-hetero) is 3. The lowest BCUT2D eigenvalue weighted by Crippen LogP contribution is -2.35. The zero-order valence-corrected chi connectivity index (χ0v) is 33.7. The Bertz CT molecular complexity index is 2130. The van der Waals surface area contributed by atoms with Crippen molar-refractivity contribution in [3.05, 3.63) is 69.5 Å². The second kappa shape index (κ2) is 20.0. The number of carbonyl (C=O) groups excluding carboxylic acids is 3. The van der Waals surface area contributed by atoms with E-state index in [0.29, 0.717) is 13.0 Å². The van der Waals surface area contributed by atoms with Gasteiger partial charge < -0.3 is 28.8 Å². The van der Waals surface area contributed by atoms with Gasteiger partial charge in [0.15, 0.2) is 33.0 Å². The third kappa shape index (κ3) is 11.5. The van der Waals surface area contributed by atoms with Gasteiger partial charge in [-0.1, -0.05) is 29.8 Å². The fourth-order valence-corrected chi connectivity index (χ4v) is 7.94. The number of anilines is 1. The van der Waals surface area contributed by atoms with Crippen molar-refractivity contribution in [1.82, 2.24) is 9.97 Å². The Morgan fingerprint density at radius 1 is 1.00 bits per heavy atom. The maximum Gasteiger partial charge on any atom is 0.355 e. The number of carbonyl (C=O) groups is 3. The van der Waals surface area contributed by atoms with Gasteiger partial charge >= 0.3 is 5.76 Å². The highest BCUT2D eigenvalue weighted by molar-refractivity contribution is 7.93. The molecular formula is C36H42ClF2N3O13S2. The van der Waals surface area contributed by atoms with E-state index in [-0.39, 0.29) is 94.2 Å². The first-order chi connectivity index (χ1) is 26.9. The lowest BCUT2D eigenvalue weighted by Gasteiger charge is -2.20. The highest BCUT2D eigenvalue weighted by Gasteiger charge is 2.38. The molecule has 312 valence electrons. The zero-order chi connectivity index (χ0) is 42.1. The number of hydrogen-bond donors (Lipinski definition) is 2. The molecule has 0 radical (unpaired) electrons. The fourth-order valence-electron chi connectivity index (χ4n) is 6.02. The summed E-state index contributed by atoms with van der Waals surface area (Å²) in [4.78, 5) is 45.1. The fraction of sp³-hybridized carbons (Fsp3) is 0.472. The summed E-state index contributed by atoms with van der Waals surface area (Å²) in [6.07, 6.45) is 1.97. The van der Waals surface area contributed by atoms with Crippen molar-refractivity contribution in [2.75, 3.05) is 45.5 Å². The number of benzene rings is 2. The van der Waals surface area contributed by atoms with E-state index < -0.39 is 55.0 Å². The van der Waals surface area contributed by atoms with Crippen LogP contribution in [0.3, 0.4) is 0 Å². The van der Waals surface area contributed by atoms with Crippen LogP contribution in [0.2, 0.25) is 5.02 Å². The molecule has 16 nitrogen and oxygen atoms in total. The van der Waals surface area contributed by atoms with Crippen LogP contribution in [0.5, 0.6) is 11.8 Å². The minimum Gasteiger partial charge on any atom is -0.481 e. The Balaban J connectivity index is 0.000000253. The molecule has 1 aliphatic carbocycles. The van der Waals surface area contributed by atoms with Gasteiger partial charge in [0.05, 0.1) is 61.8 Å². The van der Waals surface area contributed by atoms with Gasteiger partial charge in [0.25, 0.3) is 10.0 Å². The quantitative estimate of drug-likeness (QED) is 0.152. The normalized spacial score (nSPS) is 16.9. The molecule has 0 bridgehead atoms. The molecule has 2 aliphatic rings. The predicted octanol–water partition coefficient (Wildman–Crippen LogP) is 4.25. The van der Waals surface area contributed by atoms with Crippen LogP contribution in [0, 0.1) is 5.92 Å². The van der Waals surface area contributed by atoms with Gasteiger partial charge in [-0.2, -0.15) is 18.7 Å². The number of para-hydroxylation sites is 1. The lowest BCUT2D eigenvalue weighted by molar-refractivity contribution is -0.133. The minimum atomic E-state index is -5.00. The number of rotatable bonds is 16. The molecule has 1 saturated carbocycles. The van der Waals surface area contributed by atoms with Crippen molar-refractivity contribution in [2.45, 2.75) is 68.2 Å². The molecule has 2 atom stereocenters. The molecule has 2 aromatic carbocycles. The van der Waals surface area contributed by atoms with Gasteiger partial charge in [0.2, 0.25) is 11.8 Å². The summed E-state index contributed by atoms with van der Waals surface area (Å²) in [6, 6.07) is 8.23. The summed E-state index contributed by atoms with van der Waals surface area (Å²) in [5.41, 5.74) is 0.0480. The van der Waals surface area contributed by atoms with Crippen molar-refractivity contribution < 1.29 is 68.8 Å². The van der Waals surface area contributed by atoms with Crippen LogP contribution < -0.4 is 14.2 Å². The van der Waals surface area contributed by atoms with Gasteiger partial charge in [0, 0.05) is 55.1 Å². The van der Waals surface area contributed by atoms with E-state index in [9.17, 15) is 45.1 Å². The van der Waals surface area contributed by atoms with E-state index in [1.165, 1.54) is 57.7 Å². The monoisotopic (exact) mass is 861 g/mol. The number of halogens is 3. The van der Waals surface area contributed by atoms with Crippen LogP contribution in [-0.2, 0) is 56.9 Å². The van der Waals surface area contributed by atoms with Gasteiger partial charge in [0.1, 0.15) is 12.0 Å². The molecule has 1 saturated heterocycles. The van der Waals surface area contributed by atoms with Gasteiger partial charge in [-0.25, -0.2) is 16.8 Å². The Labute approximate surface area is 333 Å². The molecule has 2 unspecified atom stereocenters. The molecule has 5 rings (SSSR count). The molecule has 0 spiro atoms. The van der Waals surface area contributed by atoms with Crippen LogP contribution >= 0.6 is 11.6 Å². The Morgan fingerprint density at radius 3 is 2.19 bits per heavy atom. The molecule has 57 heavy (non-hydrogen) atoms. The Hall–Kier alpha value is -4.18. The van der Waals surface area contributed by atoms with E-state index >= 15 is 0 Å². The van der Waals surface area contributed by atoms with Crippen molar-refractivity contribution in [2.24, 2.45) is 5.92 Å².